The zero-order chi connectivity index (χ0) is 13.8. The van der Waals surface area contributed by atoms with Crippen LogP contribution in [0, 0.1) is 3.57 Å². The lowest BCUT2D eigenvalue weighted by Gasteiger charge is -2.12. The lowest BCUT2D eigenvalue weighted by atomic mass is 10.2. The van der Waals surface area contributed by atoms with Crippen LogP contribution < -0.4 is 5.32 Å². The Kier molecular flexibility index (Phi) is 5.24. The third-order valence-corrected chi connectivity index (χ3v) is 3.90. The molecule has 1 aromatic carbocycles. The van der Waals surface area contributed by atoms with Gasteiger partial charge < -0.3 is 5.32 Å². The van der Waals surface area contributed by atoms with Crippen molar-refractivity contribution in [3.05, 3.63) is 43.8 Å². The molecule has 6 heteroatoms. The first-order chi connectivity index (χ1) is 9.11. The first-order valence-electron chi connectivity index (χ1n) is 5.83. The third kappa shape index (κ3) is 3.70. The molecule has 1 N–H and O–H groups in total. The van der Waals surface area contributed by atoms with Gasteiger partial charge in [-0.2, -0.15) is 0 Å². The van der Waals surface area contributed by atoms with Gasteiger partial charge in [0.2, 0.25) is 0 Å². The maximum Gasteiger partial charge on any atom is 0.138 e. The smallest absolute Gasteiger partial charge is 0.138 e. The second-order valence-corrected chi connectivity index (χ2v) is 6.00. The number of aromatic nitrogens is 2. The van der Waals surface area contributed by atoms with Crippen LogP contribution in [-0.2, 0) is 6.42 Å². The van der Waals surface area contributed by atoms with Gasteiger partial charge in [-0.15, -0.1) is 0 Å². The second-order valence-electron chi connectivity index (χ2n) is 3.99. The second kappa shape index (κ2) is 6.72. The van der Waals surface area contributed by atoms with Crippen LogP contribution in [0.3, 0.4) is 0 Å². The average Bonchev–Trinajstić information content (AvgIpc) is 2.38. The summed E-state index contributed by atoms with van der Waals surface area (Å²) in [6.45, 7) is 2.09. The van der Waals surface area contributed by atoms with E-state index in [1.165, 1.54) is 6.33 Å². The van der Waals surface area contributed by atoms with Crippen molar-refractivity contribution >= 4 is 57.3 Å². The van der Waals surface area contributed by atoms with Crippen LogP contribution in [-0.4, -0.2) is 9.97 Å². The van der Waals surface area contributed by atoms with Gasteiger partial charge in [0.05, 0.1) is 10.7 Å². The van der Waals surface area contributed by atoms with E-state index < -0.39 is 0 Å². The molecule has 100 valence electrons. The van der Waals surface area contributed by atoms with Crippen LogP contribution in [0.2, 0.25) is 10.2 Å². The fourth-order valence-corrected chi connectivity index (χ4v) is 2.57. The van der Waals surface area contributed by atoms with Crippen molar-refractivity contribution in [1.29, 1.82) is 0 Å². The van der Waals surface area contributed by atoms with Crippen LogP contribution >= 0.6 is 45.8 Å². The van der Waals surface area contributed by atoms with Crippen LogP contribution in [0.1, 0.15) is 18.9 Å². The van der Waals surface area contributed by atoms with E-state index in [1.54, 1.807) is 0 Å². The van der Waals surface area contributed by atoms with E-state index in [-0.39, 0.29) is 0 Å². The highest BCUT2D eigenvalue weighted by atomic mass is 127. The molecule has 3 nitrogen and oxygen atoms in total. The van der Waals surface area contributed by atoms with E-state index in [2.05, 4.69) is 44.8 Å². The Morgan fingerprint density at radius 2 is 2.05 bits per heavy atom. The molecule has 0 bridgehead atoms. The molecule has 0 saturated carbocycles. The number of nitrogens with one attached hydrogen (secondary N) is 1. The van der Waals surface area contributed by atoms with Gasteiger partial charge in [0.15, 0.2) is 0 Å². The number of hydrogen-bond donors (Lipinski definition) is 1. The van der Waals surface area contributed by atoms with Crippen LogP contribution in [0.25, 0.3) is 0 Å². The monoisotopic (exact) mass is 407 g/mol. The Morgan fingerprint density at radius 3 is 2.79 bits per heavy atom. The van der Waals surface area contributed by atoms with Crippen molar-refractivity contribution < 1.29 is 0 Å². The lowest BCUT2D eigenvalue weighted by Crippen LogP contribution is -2.02. The topological polar surface area (TPSA) is 37.8 Å². The molecule has 0 spiro atoms. The largest absolute Gasteiger partial charge is 0.339 e. The predicted molar refractivity (Wildman–Crippen MR) is 88.5 cm³/mol. The molecule has 2 aromatic rings. The van der Waals surface area contributed by atoms with Gasteiger partial charge in [-0.3, -0.25) is 0 Å². The summed E-state index contributed by atoms with van der Waals surface area (Å²) in [5.41, 5.74) is 1.74. The summed E-state index contributed by atoms with van der Waals surface area (Å²) < 4.78 is 1.10. The summed E-state index contributed by atoms with van der Waals surface area (Å²) in [6, 6.07) is 5.77. The van der Waals surface area contributed by atoms with E-state index in [4.69, 9.17) is 23.2 Å². The quantitative estimate of drug-likeness (QED) is 0.566. The van der Waals surface area contributed by atoms with Crippen molar-refractivity contribution in [2.24, 2.45) is 0 Å². The number of rotatable bonds is 4. The normalized spacial score (nSPS) is 10.5. The molecular weight excluding hydrogens is 396 g/mol. The van der Waals surface area contributed by atoms with Crippen molar-refractivity contribution in [3.63, 3.8) is 0 Å². The molecule has 2 rings (SSSR count). The van der Waals surface area contributed by atoms with E-state index in [9.17, 15) is 0 Å². The van der Waals surface area contributed by atoms with Crippen molar-refractivity contribution in [2.75, 3.05) is 5.32 Å². The summed E-state index contributed by atoms with van der Waals surface area (Å²) in [5, 5.41) is 4.37. The van der Waals surface area contributed by atoms with Crippen LogP contribution in [0.4, 0.5) is 11.5 Å². The van der Waals surface area contributed by atoms with Gasteiger partial charge in [-0.25, -0.2) is 9.97 Å². The summed E-state index contributed by atoms with van der Waals surface area (Å²) >= 11 is 14.5. The SMILES string of the molecule is CCCc1c(Cl)ncnc1Nc1cc(I)ccc1Cl. The summed E-state index contributed by atoms with van der Waals surface area (Å²) in [6.07, 6.45) is 3.25. The van der Waals surface area contributed by atoms with E-state index in [0.29, 0.717) is 16.0 Å². The number of hydrogen-bond acceptors (Lipinski definition) is 3. The molecule has 0 saturated heterocycles. The molecule has 0 fully saturated rings. The molecule has 0 aliphatic carbocycles. The molecule has 1 heterocycles. The van der Waals surface area contributed by atoms with Crippen molar-refractivity contribution in [2.45, 2.75) is 19.8 Å². The van der Waals surface area contributed by atoms with Gasteiger partial charge in [0, 0.05) is 9.13 Å². The minimum Gasteiger partial charge on any atom is -0.339 e. The standard InChI is InChI=1S/C13H12Cl2IN3/c1-2-3-9-12(15)17-7-18-13(9)19-11-6-8(16)4-5-10(11)14/h4-7H,2-3H2,1H3,(H,17,18,19). The number of halogens is 3. The number of nitrogens with zero attached hydrogens (tertiary/aromatic N) is 2. The lowest BCUT2D eigenvalue weighted by molar-refractivity contribution is 0.904. The molecule has 0 radical (unpaired) electrons. The fraction of sp³-hybridized carbons (Fsp3) is 0.231. The first kappa shape index (κ1) is 14.8. The molecule has 1 aromatic heterocycles. The minimum atomic E-state index is 0.487. The Labute approximate surface area is 135 Å². The molecule has 0 atom stereocenters. The summed E-state index contributed by atoms with van der Waals surface area (Å²) in [7, 11) is 0. The van der Waals surface area contributed by atoms with Gasteiger partial charge in [0.25, 0.3) is 0 Å². The molecular formula is C13H12Cl2IN3. The molecule has 0 aliphatic heterocycles. The Hall–Kier alpha value is -0.590. The number of anilines is 2. The zero-order valence-corrected chi connectivity index (χ0v) is 13.9. The van der Waals surface area contributed by atoms with E-state index in [1.807, 2.05) is 18.2 Å². The van der Waals surface area contributed by atoms with Crippen LogP contribution in [0.15, 0.2) is 24.5 Å². The zero-order valence-electron chi connectivity index (χ0n) is 10.3. The van der Waals surface area contributed by atoms with Gasteiger partial charge in [0.1, 0.15) is 17.3 Å². The Balaban J connectivity index is 2.37. The third-order valence-electron chi connectivity index (χ3n) is 2.57. The van der Waals surface area contributed by atoms with E-state index >= 15 is 0 Å². The van der Waals surface area contributed by atoms with Gasteiger partial charge in [-0.05, 0) is 47.2 Å². The van der Waals surface area contributed by atoms with Gasteiger partial charge in [-0.1, -0.05) is 36.5 Å². The minimum absolute atomic E-state index is 0.487. The highest BCUT2D eigenvalue weighted by molar-refractivity contribution is 14.1. The van der Waals surface area contributed by atoms with Crippen molar-refractivity contribution in [1.82, 2.24) is 9.97 Å². The molecule has 0 aliphatic rings. The maximum atomic E-state index is 6.17. The maximum absolute atomic E-state index is 6.17. The fourth-order valence-electron chi connectivity index (χ4n) is 1.69. The molecule has 19 heavy (non-hydrogen) atoms. The Morgan fingerprint density at radius 1 is 1.26 bits per heavy atom. The van der Waals surface area contributed by atoms with Crippen molar-refractivity contribution in [3.8, 4) is 0 Å². The highest BCUT2D eigenvalue weighted by Crippen LogP contribution is 2.29. The average molecular weight is 408 g/mol. The van der Waals surface area contributed by atoms with Gasteiger partial charge >= 0.3 is 0 Å². The Bertz CT molecular complexity index is 590. The highest BCUT2D eigenvalue weighted by Gasteiger charge is 2.11. The first-order valence-corrected chi connectivity index (χ1v) is 7.66. The predicted octanol–water partition coefficient (Wildman–Crippen LogP) is 5.08. The number of benzene rings is 1. The van der Waals surface area contributed by atoms with Crippen LogP contribution in [0.5, 0.6) is 0 Å². The summed E-state index contributed by atoms with van der Waals surface area (Å²) in [4.78, 5) is 8.28. The molecule has 0 amide bonds. The summed E-state index contributed by atoms with van der Waals surface area (Å²) in [5.74, 6) is 0.714. The molecule has 0 unspecified atom stereocenters. The van der Waals surface area contributed by atoms with E-state index in [0.717, 1.165) is 27.7 Å².